The van der Waals surface area contributed by atoms with E-state index in [0.29, 0.717) is 6.54 Å². The molecule has 0 aliphatic carbocycles. The highest BCUT2D eigenvalue weighted by atomic mass is 16.5. The van der Waals surface area contributed by atoms with Crippen LogP contribution in [-0.2, 0) is 14.3 Å². The van der Waals surface area contributed by atoms with Gasteiger partial charge < -0.3 is 14.8 Å². The first-order chi connectivity index (χ1) is 12.6. The highest BCUT2D eigenvalue weighted by molar-refractivity contribution is 5.89. The molecule has 1 N–H and O–H groups in total. The summed E-state index contributed by atoms with van der Waals surface area (Å²) in [6, 6.07) is 17.1. The summed E-state index contributed by atoms with van der Waals surface area (Å²) in [6.45, 7) is 2.22. The van der Waals surface area contributed by atoms with Gasteiger partial charge in [-0.3, -0.25) is 4.79 Å². The van der Waals surface area contributed by atoms with Crippen LogP contribution in [0.15, 0.2) is 60.7 Å². The minimum atomic E-state index is -0.563. The highest BCUT2D eigenvalue weighted by Gasteiger charge is 2.09. The fraction of sp³-hybridized carbons (Fsp3) is 0.238. The third kappa shape index (κ3) is 6.43. The number of hydrogen-bond donors (Lipinski definition) is 1. The third-order valence-electron chi connectivity index (χ3n) is 3.85. The molecule has 136 valence electrons. The van der Waals surface area contributed by atoms with Crippen molar-refractivity contribution in [1.82, 2.24) is 5.32 Å². The Morgan fingerprint density at radius 1 is 1.08 bits per heavy atom. The van der Waals surface area contributed by atoms with E-state index >= 15 is 0 Å². The standard InChI is InChI=1S/C21H23NO4/c1-16(18-6-4-3-5-7-18)14-22-20(23)15-26-21(24)13-10-17-8-11-19(25-2)12-9-17/h3-13,16H,14-15H2,1-2H3,(H,22,23)/b13-10+/t16-/m0/s1. The number of rotatable bonds is 8. The van der Waals surface area contributed by atoms with Crippen molar-refractivity contribution < 1.29 is 19.1 Å². The molecule has 0 aliphatic heterocycles. The summed E-state index contributed by atoms with van der Waals surface area (Å²) >= 11 is 0. The molecule has 0 saturated heterocycles. The van der Waals surface area contributed by atoms with Crippen LogP contribution in [0.25, 0.3) is 6.08 Å². The Hall–Kier alpha value is -3.08. The summed E-state index contributed by atoms with van der Waals surface area (Å²) in [4.78, 5) is 23.5. The fourth-order valence-electron chi connectivity index (χ4n) is 2.28. The molecular weight excluding hydrogens is 330 g/mol. The molecule has 2 aromatic carbocycles. The molecule has 2 aromatic rings. The Labute approximate surface area is 153 Å². The quantitative estimate of drug-likeness (QED) is 0.585. The zero-order chi connectivity index (χ0) is 18.8. The average Bonchev–Trinajstić information content (AvgIpc) is 2.69. The van der Waals surface area contributed by atoms with E-state index < -0.39 is 5.97 Å². The van der Waals surface area contributed by atoms with Crippen LogP contribution in [0.2, 0.25) is 0 Å². The number of ether oxygens (including phenoxy) is 2. The van der Waals surface area contributed by atoms with Crippen LogP contribution in [-0.4, -0.2) is 32.1 Å². The van der Waals surface area contributed by atoms with Crippen LogP contribution in [0.3, 0.4) is 0 Å². The number of methoxy groups -OCH3 is 1. The van der Waals surface area contributed by atoms with Gasteiger partial charge in [0.05, 0.1) is 7.11 Å². The molecule has 0 bridgehead atoms. The molecule has 0 saturated carbocycles. The van der Waals surface area contributed by atoms with E-state index in [1.165, 1.54) is 6.08 Å². The first-order valence-electron chi connectivity index (χ1n) is 8.39. The van der Waals surface area contributed by atoms with Crippen molar-refractivity contribution in [2.45, 2.75) is 12.8 Å². The molecule has 0 fully saturated rings. The van der Waals surface area contributed by atoms with Gasteiger partial charge in [0.25, 0.3) is 5.91 Å². The lowest BCUT2D eigenvalue weighted by atomic mass is 10.0. The van der Waals surface area contributed by atoms with Crippen molar-refractivity contribution in [3.63, 3.8) is 0 Å². The lowest BCUT2D eigenvalue weighted by Crippen LogP contribution is -2.31. The summed E-state index contributed by atoms with van der Waals surface area (Å²) in [5, 5.41) is 2.77. The summed E-state index contributed by atoms with van der Waals surface area (Å²) in [5.74, 6) is 0.0444. The smallest absolute Gasteiger partial charge is 0.331 e. The van der Waals surface area contributed by atoms with Crippen LogP contribution in [0, 0.1) is 0 Å². The fourth-order valence-corrected chi connectivity index (χ4v) is 2.28. The topological polar surface area (TPSA) is 64.6 Å². The lowest BCUT2D eigenvalue weighted by Gasteiger charge is -2.12. The van der Waals surface area contributed by atoms with Gasteiger partial charge in [0.1, 0.15) is 5.75 Å². The van der Waals surface area contributed by atoms with Gasteiger partial charge in [0.2, 0.25) is 0 Å². The SMILES string of the molecule is COc1ccc(/C=C/C(=O)OCC(=O)NC[C@H](C)c2ccccc2)cc1. The maximum absolute atomic E-state index is 11.8. The van der Waals surface area contributed by atoms with Gasteiger partial charge >= 0.3 is 5.97 Å². The van der Waals surface area contributed by atoms with Crippen molar-refractivity contribution in [3.8, 4) is 5.75 Å². The number of esters is 1. The van der Waals surface area contributed by atoms with E-state index in [1.54, 1.807) is 25.3 Å². The summed E-state index contributed by atoms with van der Waals surface area (Å²) in [5.41, 5.74) is 1.98. The van der Waals surface area contributed by atoms with Crippen molar-refractivity contribution in [1.29, 1.82) is 0 Å². The van der Waals surface area contributed by atoms with Crippen LogP contribution in [0.4, 0.5) is 0 Å². The summed E-state index contributed by atoms with van der Waals surface area (Å²) in [7, 11) is 1.59. The Morgan fingerprint density at radius 2 is 1.77 bits per heavy atom. The third-order valence-corrected chi connectivity index (χ3v) is 3.85. The molecule has 1 amide bonds. The van der Waals surface area contributed by atoms with Crippen molar-refractivity contribution >= 4 is 18.0 Å². The molecule has 0 aromatic heterocycles. The predicted octanol–water partition coefficient (Wildman–Crippen LogP) is 3.17. The number of amides is 1. The maximum Gasteiger partial charge on any atom is 0.331 e. The zero-order valence-electron chi connectivity index (χ0n) is 15.0. The molecule has 5 heteroatoms. The monoisotopic (exact) mass is 353 g/mol. The molecule has 1 atom stereocenters. The second kappa shape index (κ2) is 10.0. The second-order valence-electron chi connectivity index (χ2n) is 5.83. The van der Waals surface area contributed by atoms with Crippen LogP contribution >= 0.6 is 0 Å². The van der Waals surface area contributed by atoms with Gasteiger partial charge in [-0.2, -0.15) is 0 Å². The van der Waals surface area contributed by atoms with Gasteiger partial charge in [0.15, 0.2) is 6.61 Å². The Morgan fingerprint density at radius 3 is 2.42 bits per heavy atom. The number of nitrogens with one attached hydrogen (secondary N) is 1. The number of hydrogen-bond acceptors (Lipinski definition) is 4. The number of carbonyl (C=O) groups is 2. The van der Waals surface area contributed by atoms with Gasteiger partial charge in [-0.1, -0.05) is 49.4 Å². The molecule has 0 heterocycles. The van der Waals surface area contributed by atoms with Crippen molar-refractivity contribution in [3.05, 3.63) is 71.8 Å². The molecule has 5 nitrogen and oxygen atoms in total. The van der Waals surface area contributed by atoms with Crippen molar-refractivity contribution in [2.75, 3.05) is 20.3 Å². The van der Waals surface area contributed by atoms with E-state index in [4.69, 9.17) is 9.47 Å². The minimum Gasteiger partial charge on any atom is -0.497 e. The number of carbonyl (C=O) groups excluding carboxylic acids is 2. The number of benzene rings is 2. The molecule has 0 aliphatic rings. The predicted molar refractivity (Wildman–Crippen MR) is 101 cm³/mol. The molecule has 0 radical (unpaired) electrons. The van der Waals surface area contributed by atoms with Crippen LogP contribution < -0.4 is 10.1 Å². The first kappa shape index (κ1) is 19.2. The van der Waals surface area contributed by atoms with E-state index in [1.807, 2.05) is 49.4 Å². The van der Waals surface area contributed by atoms with Gasteiger partial charge in [-0.05, 0) is 35.3 Å². The van der Waals surface area contributed by atoms with E-state index in [0.717, 1.165) is 16.9 Å². The second-order valence-corrected chi connectivity index (χ2v) is 5.83. The lowest BCUT2D eigenvalue weighted by molar-refractivity contribution is -0.143. The summed E-state index contributed by atoms with van der Waals surface area (Å²) < 4.78 is 10.0. The molecular formula is C21H23NO4. The van der Waals surface area contributed by atoms with E-state index in [-0.39, 0.29) is 18.4 Å². The maximum atomic E-state index is 11.8. The molecule has 26 heavy (non-hydrogen) atoms. The van der Waals surface area contributed by atoms with Gasteiger partial charge in [-0.15, -0.1) is 0 Å². The Balaban J connectivity index is 1.70. The van der Waals surface area contributed by atoms with E-state index in [9.17, 15) is 9.59 Å². The Bertz CT molecular complexity index is 738. The average molecular weight is 353 g/mol. The van der Waals surface area contributed by atoms with Gasteiger partial charge in [-0.25, -0.2) is 4.79 Å². The minimum absolute atomic E-state index is 0.186. The Kier molecular flexibility index (Phi) is 7.43. The zero-order valence-corrected chi connectivity index (χ0v) is 15.0. The summed E-state index contributed by atoms with van der Waals surface area (Å²) in [6.07, 6.45) is 2.92. The molecule has 2 rings (SSSR count). The largest absolute Gasteiger partial charge is 0.497 e. The van der Waals surface area contributed by atoms with Crippen LogP contribution in [0.5, 0.6) is 5.75 Å². The molecule has 0 unspecified atom stereocenters. The highest BCUT2D eigenvalue weighted by Crippen LogP contribution is 2.13. The van der Waals surface area contributed by atoms with E-state index in [2.05, 4.69) is 5.32 Å². The van der Waals surface area contributed by atoms with Crippen LogP contribution in [0.1, 0.15) is 24.0 Å². The first-order valence-corrected chi connectivity index (χ1v) is 8.39. The van der Waals surface area contributed by atoms with Crippen molar-refractivity contribution in [2.24, 2.45) is 0 Å². The van der Waals surface area contributed by atoms with Gasteiger partial charge in [0, 0.05) is 12.6 Å². The molecule has 0 spiro atoms. The normalized spacial score (nSPS) is 11.8.